The molecule has 3 heteroatoms. The normalized spacial score (nSPS) is 24.9. The van der Waals surface area contributed by atoms with Crippen molar-refractivity contribution in [2.75, 3.05) is 13.2 Å². The van der Waals surface area contributed by atoms with Gasteiger partial charge < -0.3 is 15.6 Å². The molecule has 84 valence electrons. The molecule has 0 aromatic carbocycles. The Morgan fingerprint density at radius 3 is 2.79 bits per heavy atom. The molecule has 1 rings (SSSR count). The molecule has 3 nitrogen and oxygen atoms in total. The molecular weight excluding hydrogens is 178 g/mol. The number of rotatable bonds is 6. The highest BCUT2D eigenvalue weighted by Gasteiger charge is 2.21. The van der Waals surface area contributed by atoms with E-state index in [0.29, 0.717) is 0 Å². The average molecular weight is 201 g/mol. The van der Waals surface area contributed by atoms with E-state index in [1.54, 1.807) is 0 Å². The molecule has 14 heavy (non-hydrogen) atoms. The fraction of sp³-hybridized carbons (Fsp3) is 1.00. The van der Waals surface area contributed by atoms with Crippen LogP contribution in [0.25, 0.3) is 0 Å². The van der Waals surface area contributed by atoms with Crippen molar-refractivity contribution in [1.29, 1.82) is 0 Å². The van der Waals surface area contributed by atoms with Crippen molar-refractivity contribution >= 4 is 0 Å². The van der Waals surface area contributed by atoms with Crippen LogP contribution < -0.4 is 5.73 Å². The largest absolute Gasteiger partial charge is 0.390 e. The predicted molar refractivity (Wildman–Crippen MR) is 57.1 cm³/mol. The summed E-state index contributed by atoms with van der Waals surface area (Å²) >= 11 is 0. The maximum atomic E-state index is 9.82. The molecule has 0 amide bonds. The minimum atomic E-state index is -0.256. The van der Waals surface area contributed by atoms with Crippen LogP contribution in [0.15, 0.2) is 0 Å². The second kappa shape index (κ2) is 7.21. The lowest BCUT2D eigenvalue weighted by Crippen LogP contribution is -2.32. The molecule has 1 aliphatic heterocycles. The van der Waals surface area contributed by atoms with Crippen LogP contribution in [0.5, 0.6) is 0 Å². The summed E-state index contributed by atoms with van der Waals surface area (Å²) in [5, 5.41) is 9.82. The molecule has 2 atom stereocenters. The van der Waals surface area contributed by atoms with E-state index in [2.05, 4.69) is 0 Å². The molecule has 0 aromatic heterocycles. The Bertz CT molecular complexity index is 135. The third-order valence-electron chi connectivity index (χ3n) is 2.85. The van der Waals surface area contributed by atoms with E-state index >= 15 is 0 Å². The third kappa shape index (κ3) is 4.40. The zero-order valence-electron chi connectivity index (χ0n) is 8.95. The Balaban J connectivity index is 2.04. The van der Waals surface area contributed by atoms with Gasteiger partial charge in [-0.25, -0.2) is 0 Å². The van der Waals surface area contributed by atoms with Gasteiger partial charge in [0, 0.05) is 6.61 Å². The monoisotopic (exact) mass is 201 g/mol. The van der Waals surface area contributed by atoms with E-state index in [1.807, 2.05) is 0 Å². The number of hydrogen-bond donors (Lipinski definition) is 2. The molecule has 0 radical (unpaired) electrons. The van der Waals surface area contributed by atoms with Crippen molar-refractivity contribution in [3.05, 3.63) is 0 Å². The Morgan fingerprint density at radius 2 is 2.14 bits per heavy atom. The fourth-order valence-electron chi connectivity index (χ4n) is 1.93. The van der Waals surface area contributed by atoms with Gasteiger partial charge in [0.25, 0.3) is 0 Å². The van der Waals surface area contributed by atoms with Crippen LogP contribution in [-0.2, 0) is 4.74 Å². The Morgan fingerprint density at radius 1 is 1.29 bits per heavy atom. The van der Waals surface area contributed by atoms with Crippen molar-refractivity contribution in [2.24, 2.45) is 5.73 Å². The van der Waals surface area contributed by atoms with Crippen LogP contribution in [0.1, 0.15) is 44.9 Å². The summed E-state index contributed by atoms with van der Waals surface area (Å²) in [4.78, 5) is 0. The molecular formula is C11H23NO2. The zero-order chi connectivity index (χ0) is 10.2. The van der Waals surface area contributed by atoms with E-state index in [1.165, 1.54) is 6.42 Å². The van der Waals surface area contributed by atoms with E-state index in [9.17, 15) is 5.11 Å². The average Bonchev–Trinajstić information content (AvgIpc) is 2.25. The minimum Gasteiger partial charge on any atom is -0.390 e. The van der Waals surface area contributed by atoms with Gasteiger partial charge in [-0.05, 0) is 38.6 Å². The van der Waals surface area contributed by atoms with Crippen LogP contribution in [0.4, 0.5) is 0 Å². The number of unbranched alkanes of at least 4 members (excludes halogenated alkanes) is 2. The highest BCUT2D eigenvalue weighted by Crippen LogP contribution is 2.19. The maximum Gasteiger partial charge on any atom is 0.0833 e. The smallest absolute Gasteiger partial charge is 0.0833 e. The lowest BCUT2D eigenvalue weighted by molar-refractivity contribution is -0.0648. The van der Waals surface area contributed by atoms with Gasteiger partial charge in [-0.2, -0.15) is 0 Å². The Kier molecular flexibility index (Phi) is 6.15. The molecule has 3 N–H and O–H groups in total. The summed E-state index contributed by atoms with van der Waals surface area (Å²) < 4.78 is 5.52. The first-order valence-corrected chi connectivity index (χ1v) is 5.84. The quantitative estimate of drug-likeness (QED) is 0.639. The van der Waals surface area contributed by atoms with Gasteiger partial charge in [-0.15, -0.1) is 0 Å². The van der Waals surface area contributed by atoms with Crippen LogP contribution in [0.3, 0.4) is 0 Å². The van der Waals surface area contributed by atoms with E-state index in [-0.39, 0.29) is 12.2 Å². The standard InChI is InChI=1S/C11H23NO2/c12-8-4-1-2-6-10(13)11-7-3-5-9-14-11/h10-11,13H,1-9,12H2. The molecule has 0 saturated carbocycles. The summed E-state index contributed by atoms with van der Waals surface area (Å²) in [7, 11) is 0. The third-order valence-corrected chi connectivity index (χ3v) is 2.85. The number of aliphatic hydroxyl groups excluding tert-OH is 1. The first-order chi connectivity index (χ1) is 6.84. The van der Waals surface area contributed by atoms with Gasteiger partial charge in [0.1, 0.15) is 0 Å². The summed E-state index contributed by atoms with van der Waals surface area (Å²) in [5.74, 6) is 0. The Hall–Kier alpha value is -0.120. The molecule has 1 fully saturated rings. The highest BCUT2D eigenvalue weighted by molar-refractivity contribution is 4.72. The SMILES string of the molecule is NCCCCCC(O)C1CCCCO1. The Labute approximate surface area is 86.6 Å². The topological polar surface area (TPSA) is 55.5 Å². The van der Waals surface area contributed by atoms with Gasteiger partial charge >= 0.3 is 0 Å². The van der Waals surface area contributed by atoms with Crippen LogP contribution in [0.2, 0.25) is 0 Å². The van der Waals surface area contributed by atoms with E-state index in [4.69, 9.17) is 10.5 Å². The first-order valence-electron chi connectivity index (χ1n) is 5.84. The van der Waals surface area contributed by atoms with Crippen molar-refractivity contribution in [1.82, 2.24) is 0 Å². The molecule has 2 unspecified atom stereocenters. The van der Waals surface area contributed by atoms with Crippen molar-refractivity contribution in [3.8, 4) is 0 Å². The predicted octanol–water partition coefficient (Wildman–Crippen LogP) is 1.44. The lowest BCUT2D eigenvalue weighted by atomic mass is 10.00. The number of aliphatic hydroxyl groups is 1. The summed E-state index contributed by atoms with van der Waals surface area (Å²) in [5.41, 5.74) is 5.40. The van der Waals surface area contributed by atoms with Crippen molar-refractivity contribution in [3.63, 3.8) is 0 Å². The van der Waals surface area contributed by atoms with E-state index in [0.717, 1.165) is 51.7 Å². The molecule has 1 aliphatic rings. The fourth-order valence-corrected chi connectivity index (χ4v) is 1.93. The molecule has 0 aromatic rings. The second-order valence-electron chi connectivity index (χ2n) is 4.11. The number of ether oxygens (including phenoxy) is 1. The number of hydrogen-bond acceptors (Lipinski definition) is 3. The zero-order valence-corrected chi connectivity index (χ0v) is 8.95. The summed E-state index contributed by atoms with van der Waals surface area (Å²) in [6.45, 7) is 1.58. The van der Waals surface area contributed by atoms with Gasteiger partial charge in [0.05, 0.1) is 12.2 Å². The van der Waals surface area contributed by atoms with Crippen LogP contribution in [0, 0.1) is 0 Å². The number of nitrogens with two attached hydrogens (primary N) is 1. The van der Waals surface area contributed by atoms with Crippen molar-refractivity contribution < 1.29 is 9.84 Å². The van der Waals surface area contributed by atoms with Gasteiger partial charge in [-0.1, -0.05) is 12.8 Å². The van der Waals surface area contributed by atoms with Crippen LogP contribution >= 0.6 is 0 Å². The van der Waals surface area contributed by atoms with Crippen LogP contribution in [-0.4, -0.2) is 30.5 Å². The molecule has 1 heterocycles. The molecule has 0 bridgehead atoms. The summed E-state index contributed by atoms with van der Waals surface area (Å²) in [6.07, 6.45) is 7.34. The molecule has 0 spiro atoms. The first kappa shape index (κ1) is 12.0. The van der Waals surface area contributed by atoms with Crippen molar-refractivity contribution in [2.45, 2.75) is 57.2 Å². The van der Waals surface area contributed by atoms with Gasteiger partial charge in [-0.3, -0.25) is 0 Å². The molecule has 1 saturated heterocycles. The minimum absolute atomic E-state index is 0.0987. The van der Waals surface area contributed by atoms with E-state index < -0.39 is 0 Å². The highest BCUT2D eigenvalue weighted by atomic mass is 16.5. The summed E-state index contributed by atoms with van der Waals surface area (Å²) in [6, 6.07) is 0. The van der Waals surface area contributed by atoms with Gasteiger partial charge in [0.2, 0.25) is 0 Å². The maximum absolute atomic E-state index is 9.82. The molecule has 0 aliphatic carbocycles. The lowest BCUT2D eigenvalue weighted by Gasteiger charge is -2.27. The van der Waals surface area contributed by atoms with Gasteiger partial charge in [0.15, 0.2) is 0 Å². The second-order valence-corrected chi connectivity index (χ2v) is 4.11.